The van der Waals surface area contributed by atoms with Crippen LogP contribution < -0.4 is 5.73 Å². The quantitative estimate of drug-likeness (QED) is 0.918. The van der Waals surface area contributed by atoms with Gasteiger partial charge >= 0.3 is 0 Å². The summed E-state index contributed by atoms with van der Waals surface area (Å²) >= 11 is 0. The first-order chi connectivity index (χ1) is 10.6. The molecule has 1 aliphatic heterocycles. The van der Waals surface area contributed by atoms with E-state index in [1.807, 2.05) is 34.6 Å². The maximum atomic E-state index is 13.3. The summed E-state index contributed by atoms with van der Waals surface area (Å²) < 4.78 is 27.9. The van der Waals surface area contributed by atoms with Gasteiger partial charge in [-0.3, -0.25) is 4.79 Å². The largest absolute Gasteiger partial charge is 0.368 e. The van der Waals surface area contributed by atoms with Crippen LogP contribution in [0.4, 0.5) is 0 Å². The number of nitrogens with zero attached hydrogens (tertiary/aromatic N) is 1. The molecule has 0 bridgehead atoms. The minimum atomic E-state index is -3.75. The average Bonchev–Trinajstić information content (AvgIpc) is 2.51. The summed E-state index contributed by atoms with van der Waals surface area (Å²) in [5.41, 5.74) is 10.1. The lowest BCUT2D eigenvalue weighted by molar-refractivity contribution is -0.122. The van der Waals surface area contributed by atoms with E-state index < -0.39 is 22.0 Å². The molecule has 0 aliphatic carbocycles. The number of carbonyl (C=O) groups is 1. The van der Waals surface area contributed by atoms with Crippen LogP contribution in [-0.2, 0) is 14.8 Å². The minimum absolute atomic E-state index is 0.339. The first-order valence-electron chi connectivity index (χ1n) is 7.98. The lowest BCUT2D eigenvalue weighted by Crippen LogP contribution is -2.50. The average molecular weight is 338 g/mol. The van der Waals surface area contributed by atoms with Gasteiger partial charge in [-0.1, -0.05) is 6.42 Å². The van der Waals surface area contributed by atoms with Gasteiger partial charge in [0.2, 0.25) is 15.9 Å². The van der Waals surface area contributed by atoms with E-state index in [0.717, 1.165) is 40.7 Å². The van der Waals surface area contributed by atoms with Crippen LogP contribution in [-0.4, -0.2) is 31.2 Å². The molecule has 2 N–H and O–H groups in total. The van der Waals surface area contributed by atoms with Crippen molar-refractivity contribution in [1.29, 1.82) is 0 Å². The molecular formula is C17H26N2O3S. The van der Waals surface area contributed by atoms with Gasteiger partial charge in [0.15, 0.2) is 0 Å². The first-order valence-corrected chi connectivity index (χ1v) is 9.42. The van der Waals surface area contributed by atoms with Crippen LogP contribution >= 0.6 is 0 Å². The lowest BCUT2D eigenvalue weighted by Gasteiger charge is -2.34. The summed E-state index contributed by atoms with van der Waals surface area (Å²) in [6.45, 7) is 9.92. The van der Waals surface area contributed by atoms with E-state index in [4.69, 9.17) is 5.73 Å². The van der Waals surface area contributed by atoms with E-state index in [9.17, 15) is 13.2 Å². The summed E-state index contributed by atoms with van der Waals surface area (Å²) in [5, 5.41) is 0. The molecule has 1 amide bonds. The topological polar surface area (TPSA) is 80.5 Å². The number of nitrogens with two attached hydrogens (primary N) is 1. The zero-order chi connectivity index (χ0) is 17.5. The number of piperidine rings is 1. The Morgan fingerprint density at radius 3 is 1.91 bits per heavy atom. The maximum Gasteiger partial charge on any atom is 0.244 e. The number of amides is 1. The van der Waals surface area contributed by atoms with Crippen molar-refractivity contribution in [3.8, 4) is 0 Å². The van der Waals surface area contributed by atoms with Crippen molar-refractivity contribution in [2.75, 3.05) is 6.54 Å². The predicted molar refractivity (Wildman–Crippen MR) is 90.9 cm³/mol. The number of hydrogen-bond acceptors (Lipinski definition) is 3. The highest BCUT2D eigenvalue weighted by Gasteiger charge is 2.38. The fourth-order valence-corrected chi connectivity index (χ4v) is 5.68. The van der Waals surface area contributed by atoms with E-state index >= 15 is 0 Å². The molecule has 1 aliphatic rings. The lowest BCUT2D eigenvalue weighted by atomic mass is 9.95. The van der Waals surface area contributed by atoms with Gasteiger partial charge in [0.25, 0.3) is 0 Å². The van der Waals surface area contributed by atoms with Gasteiger partial charge in [-0.05, 0) is 75.3 Å². The van der Waals surface area contributed by atoms with Crippen molar-refractivity contribution < 1.29 is 13.2 Å². The summed E-state index contributed by atoms with van der Waals surface area (Å²) in [5.74, 6) is -0.566. The minimum Gasteiger partial charge on any atom is -0.368 e. The maximum absolute atomic E-state index is 13.3. The monoisotopic (exact) mass is 338 g/mol. The van der Waals surface area contributed by atoms with Gasteiger partial charge in [0, 0.05) is 6.54 Å². The summed E-state index contributed by atoms with van der Waals surface area (Å²) in [4.78, 5) is 12.1. The molecular weight excluding hydrogens is 312 g/mol. The normalized spacial score (nSPS) is 19.8. The second-order valence-electron chi connectivity index (χ2n) is 6.48. The van der Waals surface area contributed by atoms with Crippen LogP contribution in [0.2, 0.25) is 0 Å². The number of carbonyl (C=O) groups excluding carboxylic acids is 1. The van der Waals surface area contributed by atoms with Crippen molar-refractivity contribution in [2.24, 2.45) is 5.73 Å². The molecule has 1 atom stereocenters. The van der Waals surface area contributed by atoms with Crippen LogP contribution in [0.3, 0.4) is 0 Å². The third-order valence-electron chi connectivity index (χ3n) is 5.28. The Hall–Kier alpha value is -1.40. The van der Waals surface area contributed by atoms with Crippen LogP contribution in [0.1, 0.15) is 47.1 Å². The highest BCUT2D eigenvalue weighted by molar-refractivity contribution is 7.89. The molecule has 0 aromatic heterocycles. The summed E-state index contributed by atoms with van der Waals surface area (Å²) in [6, 6.07) is -0.741. The Morgan fingerprint density at radius 2 is 1.43 bits per heavy atom. The molecule has 1 aromatic carbocycles. The van der Waals surface area contributed by atoms with Crippen LogP contribution in [0.5, 0.6) is 0 Å². The highest BCUT2D eigenvalue weighted by Crippen LogP contribution is 2.34. The molecule has 6 heteroatoms. The van der Waals surface area contributed by atoms with Gasteiger partial charge in [0.1, 0.15) is 6.04 Å². The summed E-state index contributed by atoms with van der Waals surface area (Å²) in [6.07, 6.45) is 2.07. The zero-order valence-corrected chi connectivity index (χ0v) is 15.4. The fourth-order valence-electron chi connectivity index (χ4n) is 3.45. The van der Waals surface area contributed by atoms with Crippen molar-refractivity contribution >= 4 is 15.9 Å². The third-order valence-corrected chi connectivity index (χ3v) is 7.46. The van der Waals surface area contributed by atoms with Crippen LogP contribution in [0.25, 0.3) is 0 Å². The standard InChI is InChI=1S/C17H26N2O3S/c1-10-11(2)13(4)16(14(5)12(10)3)23(21,22)19-9-7-6-8-15(19)17(18)20/h15H,6-9H2,1-5H3,(H2,18,20)/t15-/m1/s1. The molecule has 0 unspecified atom stereocenters. The number of primary amides is 1. The molecule has 1 heterocycles. The molecule has 5 nitrogen and oxygen atoms in total. The molecule has 0 radical (unpaired) electrons. The van der Waals surface area contributed by atoms with Gasteiger partial charge < -0.3 is 5.73 Å². The Balaban J connectivity index is 2.67. The number of hydrogen-bond donors (Lipinski definition) is 1. The zero-order valence-electron chi connectivity index (χ0n) is 14.6. The molecule has 1 fully saturated rings. The van der Waals surface area contributed by atoms with Gasteiger partial charge in [-0.25, -0.2) is 8.42 Å². The molecule has 23 heavy (non-hydrogen) atoms. The SMILES string of the molecule is Cc1c(C)c(C)c(S(=O)(=O)N2CCCC[C@@H]2C(N)=O)c(C)c1C. The molecule has 1 aromatic rings. The number of rotatable bonds is 3. The molecule has 0 spiro atoms. The third kappa shape index (κ3) is 2.90. The molecule has 2 rings (SSSR count). The molecule has 0 saturated carbocycles. The van der Waals surface area contributed by atoms with Crippen LogP contribution in [0.15, 0.2) is 4.90 Å². The molecule has 1 saturated heterocycles. The Morgan fingerprint density at radius 1 is 0.957 bits per heavy atom. The van der Waals surface area contributed by atoms with E-state index in [-0.39, 0.29) is 0 Å². The highest BCUT2D eigenvalue weighted by atomic mass is 32.2. The Labute approximate surface area is 138 Å². The first kappa shape index (κ1) is 17.9. The fraction of sp³-hybridized carbons (Fsp3) is 0.588. The Bertz CT molecular complexity index is 725. The second kappa shape index (κ2) is 6.24. The van der Waals surface area contributed by atoms with Crippen molar-refractivity contribution in [1.82, 2.24) is 4.31 Å². The predicted octanol–water partition coefficient (Wildman–Crippen LogP) is 2.26. The van der Waals surface area contributed by atoms with Crippen molar-refractivity contribution in [2.45, 2.75) is 64.8 Å². The van der Waals surface area contributed by atoms with E-state index in [1.165, 1.54) is 4.31 Å². The van der Waals surface area contributed by atoms with Crippen molar-refractivity contribution in [3.05, 3.63) is 27.8 Å². The van der Waals surface area contributed by atoms with E-state index in [1.54, 1.807) is 0 Å². The summed E-state index contributed by atoms with van der Waals surface area (Å²) in [7, 11) is -3.75. The smallest absolute Gasteiger partial charge is 0.244 e. The Kier molecular flexibility index (Phi) is 4.87. The number of benzene rings is 1. The second-order valence-corrected chi connectivity index (χ2v) is 8.31. The van der Waals surface area contributed by atoms with E-state index in [2.05, 4.69) is 0 Å². The van der Waals surface area contributed by atoms with Gasteiger partial charge in [-0.15, -0.1) is 0 Å². The van der Waals surface area contributed by atoms with E-state index in [0.29, 0.717) is 17.9 Å². The van der Waals surface area contributed by atoms with Gasteiger partial charge in [0.05, 0.1) is 4.90 Å². The van der Waals surface area contributed by atoms with Crippen molar-refractivity contribution in [3.63, 3.8) is 0 Å². The van der Waals surface area contributed by atoms with Crippen LogP contribution in [0, 0.1) is 34.6 Å². The molecule has 128 valence electrons. The van der Waals surface area contributed by atoms with Gasteiger partial charge in [-0.2, -0.15) is 4.31 Å². The number of sulfonamides is 1.